The molecule has 0 spiro atoms. The number of nitrogens with two attached hydrogens (primary N) is 1. The van der Waals surface area contributed by atoms with Crippen LogP contribution in [-0.2, 0) is 6.54 Å². The van der Waals surface area contributed by atoms with Crippen molar-refractivity contribution in [1.29, 1.82) is 0 Å². The van der Waals surface area contributed by atoms with Crippen LogP contribution in [0.25, 0.3) is 44.4 Å². The minimum atomic E-state index is -0.0412. The van der Waals surface area contributed by atoms with Gasteiger partial charge in [0, 0.05) is 34.3 Å². The first-order chi connectivity index (χ1) is 15.6. The number of thiol groups is 1. The Hall–Kier alpha value is -3.67. The van der Waals surface area contributed by atoms with E-state index < -0.39 is 0 Å². The molecule has 0 unspecified atom stereocenters. The molecule has 0 aliphatic rings. The third kappa shape index (κ3) is 3.73. The van der Waals surface area contributed by atoms with Crippen LogP contribution in [0, 0.1) is 0 Å². The van der Waals surface area contributed by atoms with Crippen molar-refractivity contribution in [3.63, 3.8) is 0 Å². The minimum absolute atomic E-state index is 0.0412. The third-order valence-corrected chi connectivity index (χ3v) is 5.82. The molecule has 5 heteroatoms. The number of pyridine rings is 2. The van der Waals surface area contributed by atoms with Crippen molar-refractivity contribution < 1.29 is 5.11 Å². The molecular formula is C27H21N3OS. The quantitative estimate of drug-likeness (QED) is 0.299. The zero-order valence-electron chi connectivity index (χ0n) is 17.2. The topological polar surface area (TPSA) is 72.0 Å². The highest BCUT2D eigenvalue weighted by Crippen LogP contribution is 2.39. The van der Waals surface area contributed by atoms with Gasteiger partial charge < -0.3 is 10.8 Å². The normalized spacial score (nSPS) is 11.1. The van der Waals surface area contributed by atoms with Crippen molar-refractivity contribution in [2.75, 3.05) is 0 Å². The van der Waals surface area contributed by atoms with Crippen molar-refractivity contribution in [2.45, 2.75) is 11.4 Å². The van der Waals surface area contributed by atoms with E-state index in [-0.39, 0.29) is 5.88 Å². The summed E-state index contributed by atoms with van der Waals surface area (Å²) in [6.07, 6.45) is 1.66. The van der Waals surface area contributed by atoms with Crippen LogP contribution in [0.3, 0.4) is 0 Å². The van der Waals surface area contributed by atoms with Gasteiger partial charge in [0.15, 0.2) is 0 Å². The summed E-state index contributed by atoms with van der Waals surface area (Å²) in [6, 6.07) is 28.0. The van der Waals surface area contributed by atoms with Crippen LogP contribution in [0.5, 0.6) is 5.88 Å². The summed E-state index contributed by atoms with van der Waals surface area (Å²) in [5.41, 5.74) is 13.1. The van der Waals surface area contributed by atoms with Gasteiger partial charge in [0.05, 0.1) is 16.6 Å². The van der Waals surface area contributed by atoms with Gasteiger partial charge in [-0.25, -0.2) is 9.97 Å². The van der Waals surface area contributed by atoms with Gasteiger partial charge in [-0.3, -0.25) is 0 Å². The molecule has 0 bridgehead atoms. The molecule has 32 heavy (non-hydrogen) atoms. The lowest BCUT2D eigenvalue weighted by molar-refractivity contribution is 0.460. The summed E-state index contributed by atoms with van der Waals surface area (Å²) in [7, 11) is 0. The molecule has 0 saturated heterocycles. The predicted octanol–water partition coefficient (Wildman–Crippen LogP) is 6.08. The molecule has 5 aromatic rings. The van der Waals surface area contributed by atoms with E-state index in [0.29, 0.717) is 17.4 Å². The summed E-state index contributed by atoms with van der Waals surface area (Å²) in [5, 5.41) is 11.2. The molecule has 2 heterocycles. The lowest BCUT2D eigenvalue weighted by Gasteiger charge is -2.15. The molecule has 0 atom stereocenters. The Bertz CT molecular complexity index is 1420. The highest BCUT2D eigenvalue weighted by atomic mass is 32.1. The first-order valence-electron chi connectivity index (χ1n) is 10.3. The Morgan fingerprint density at radius 2 is 1.53 bits per heavy atom. The van der Waals surface area contributed by atoms with Crippen LogP contribution in [0.15, 0.2) is 96.0 Å². The zero-order valence-corrected chi connectivity index (χ0v) is 18.1. The van der Waals surface area contributed by atoms with E-state index in [1.807, 2.05) is 84.9 Å². The molecule has 0 amide bonds. The first kappa shape index (κ1) is 20.2. The van der Waals surface area contributed by atoms with Gasteiger partial charge in [-0.15, -0.1) is 12.6 Å². The Kier molecular flexibility index (Phi) is 5.35. The second-order valence-corrected chi connectivity index (χ2v) is 8.11. The molecule has 2 aromatic heterocycles. The van der Waals surface area contributed by atoms with Crippen molar-refractivity contribution >= 4 is 23.5 Å². The number of nitrogens with zero attached hydrogens (tertiary/aromatic N) is 2. The molecule has 0 radical (unpaired) electrons. The summed E-state index contributed by atoms with van der Waals surface area (Å²) in [5.74, 6) is -0.0412. The van der Waals surface area contributed by atoms with Crippen molar-refractivity contribution in [1.82, 2.24) is 9.97 Å². The molecule has 0 aliphatic heterocycles. The van der Waals surface area contributed by atoms with E-state index in [1.54, 1.807) is 6.20 Å². The maximum Gasteiger partial charge on any atom is 0.220 e. The average Bonchev–Trinajstić information content (AvgIpc) is 2.84. The van der Waals surface area contributed by atoms with Crippen LogP contribution >= 0.6 is 12.6 Å². The number of fused-ring (bicyclic) bond motifs is 1. The average molecular weight is 436 g/mol. The Morgan fingerprint density at radius 1 is 0.781 bits per heavy atom. The Labute approximate surface area is 191 Å². The van der Waals surface area contributed by atoms with E-state index in [9.17, 15) is 5.11 Å². The molecular weight excluding hydrogens is 414 g/mol. The standard InChI is InChI=1S/C27H21N3OS/c28-15-17-9-11-19(12-10-17)25-22(18-5-2-1-3-6-18)14-23-26(30-25)24(16-29-27(23)31)20-7-4-8-21(32)13-20/h1-14,16,32H,15,28H2,(H,29,31). The monoisotopic (exact) mass is 435 g/mol. The van der Waals surface area contributed by atoms with Crippen molar-refractivity contribution in [3.8, 4) is 39.4 Å². The molecule has 3 aromatic carbocycles. The Morgan fingerprint density at radius 3 is 2.25 bits per heavy atom. The number of aromatic nitrogens is 2. The fraction of sp³-hybridized carbons (Fsp3) is 0.0370. The molecule has 5 rings (SSSR count). The van der Waals surface area contributed by atoms with Crippen LogP contribution in [-0.4, -0.2) is 15.1 Å². The molecule has 0 aliphatic carbocycles. The SMILES string of the molecule is NCc1ccc(-c2nc3c(-c4cccc(S)c4)cnc(O)c3cc2-c2ccccc2)cc1. The van der Waals surface area contributed by atoms with Gasteiger partial charge in [0.1, 0.15) is 0 Å². The fourth-order valence-electron chi connectivity index (χ4n) is 3.89. The van der Waals surface area contributed by atoms with Gasteiger partial charge in [-0.05, 0) is 34.9 Å². The number of benzene rings is 3. The predicted molar refractivity (Wildman–Crippen MR) is 133 cm³/mol. The second-order valence-electron chi connectivity index (χ2n) is 7.59. The number of hydrogen-bond donors (Lipinski definition) is 3. The third-order valence-electron chi connectivity index (χ3n) is 5.54. The van der Waals surface area contributed by atoms with E-state index in [0.717, 1.165) is 44.0 Å². The number of rotatable bonds is 4. The van der Waals surface area contributed by atoms with Crippen LogP contribution in [0.2, 0.25) is 0 Å². The molecule has 4 nitrogen and oxygen atoms in total. The van der Waals surface area contributed by atoms with Crippen LogP contribution in [0.4, 0.5) is 0 Å². The first-order valence-corrected chi connectivity index (χ1v) is 10.8. The molecule has 156 valence electrons. The lowest BCUT2D eigenvalue weighted by atomic mass is 9.95. The van der Waals surface area contributed by atoms with Crippen LogP contribution < -0.4 is 5.73 Å². The fourth-order valence-corrected chi connectivity index (χ4v) is 4.11. The molecule has 3 N–H and O–H groups in total. The van der Waals surface area contributed by atoms with Gasteiger partial charge >= 0.3 is 0 Å². The van der Waals surface area contributed by atoms with E-state index in [2.05, 4.69) is 17.6 Å². The number of aromatic hydroxyl groups is 1. The summed E-state index contributed by atoms with van der Waals surface area (Å²) in [6.45, 7) is 0.487. The zero-order chi connectivity index (χ0) is 22.1. The highest BCUT2D eigenvalue weighted by molar-refractivity contribution is 7.80. The minimum Gasteiger partial charge on any atom is -0.493 e. The summed E-state index contributed by atoms with van der Waals surface area (Å²) < 4.78 is 0. The second kappa shape index (κ2) is 8.46. The smallest absolute Gasteiger partial charge is 0.220 e. The van der Waals surface area contributed by atoms with Gasteiger partial charge in [-0.2, -0.15) is 0 Å². The van der Waals surface area contributed by atoms with Gasteiger partial charge in [0.2, 0.25) is 5.88 Å². The lowest BCUT2D eigenvalue weighted by Crippen LogP contribution is -1.97. The highest BCUT2D eigenvalue weighted by Gasteiger charge is 2.17. The van der Waals surface area contributed by atoms with E-state index >= 15 is 0 Å². The van der Waals surface area contributed by atoms with E-state index in [4.69, 9.17) is 10.7 Å². The maximum absolute atomic E-state index is 10.6. The van der Waals surface area contributed by atoms with E-state index in [1.165, 1.54) is 0 Å². The summed E-state index contributed by atoms with van der Waals surface area (Å²) in [4.78, 5) is 10.2. The van der Waals surface area contributed by atoms with Gasteiger partial charge in [-0.1, -0.05) is 66.7 Å². The molecule has 0 saturated carbocycles. The van der Waals surface area contributed by atoms with Crippen molar-refractivity contribution in [3.05, 3.63) is 96.7 Å². The maximum atomic E-state index is 10.6. The Balaban J connectivity index is 1.83. The van der Waals surface area contributed by atoms with Crippen LogP contribution in [0.1, 0.15) is 5.56 Å². The largest absolute Gasteiger partial charge is 0.493 e. The van der Waals surface area contributed by atoms with Gasteiger partial charge in [0.25, 0.3) is 0 Å². The molecule has 0 fully saturated rings. The number of hydrogen-bond acceptors (Lipinski definition) is 5. The van der Waals surface area contributed by atoms with Crippen molar-refractivity contribution in [2.24, 2.45) is 5.73 Å². The summed E-state index contributed by atoms with van der Waals surface area (Å²) >= 11 is 4.48.